The number of benzene rings is 1. The van der Waals surface area contributed by atoms with E-state index < -0.39 is 23.8 Å². The number of hydrogen-bond donors (Lipinski definition) is 2. The predicted molar refractivity (Wildman–Crippen MR) is 98.6 cm³/mol. The number of aromatic nitrogens is 1. The summed E-state index contributed by atoms with van der Waals surface area (Å²) in [6.07, 6.45) is 0. The van der Waals surface area contributed by atoms with Crippen molar-refractivity contribution in [3.8, 4) is 10.4 Å². The number of anilines is 1. The molecule has 2 N–H and O–H groups in total. The molecule has 0 unspecified atom stereocenters. The molecule has 28 heavy (non-hydrogen) atoms. The highest BCUT2D eigenvalue weighted by molar-refractivity contribution is 7.14. The van der Waals surface area contributed by atoms with E-state index in [4.69, 9.17) is 4.42 Å². The van der Waals surface area contributed by atoms with E-state index in [0.29, 0.717) is 5.58 Å². The second-order valence-electron chi connectivity index (χ2n) is 5.73. The van der Waals surface area contributed by atoms with Crippen molar-refractivity contribution in [3.05, 3.63) is 71.1 Å². The number of thiophene rings is 1. The zero-order chi connectivity index (χ0) is 19.8. The molecule has 4 rings (SSSR count). The Hall–Kier alpha value is -3.59. The molecular weight excluding hydrogens is 390 g/mol. The highest BCUT2D eigenvalue weighted by Crippen LogP contribution is 2.37. The van der Waals surface area contributed by atoms with Crippen LogP contribution in [0, 0.1) is 11.9 Å². The van der Waals surface area contributed by atoms with Gasteiger partial charge < -0.3 is 14.8 Å². The fraction of sp³-hybridized carbons (Fsp3) is 0. The van der Waals surface area contributed by atoms with E-state index in [1.807, 2.05) is 0 Å². The standard InChI is InChI=1S/C19H10F2N2O4S/c20-14-6-5-10(17(21)23-14)16-15(19(25)26)11(8-28-16)22-18(24)13-7-9-3-1-2-4-12(9)27-13/h1-8H,(H,22,24)(H,25,26). The fourth-order valence-electron chi connectivity index (χ4n) is 2.72. The molecule has 0 saturated heterocycles. The lowest BCUT2D eigenvalue weighted by Gasteiger charge is -2.05. The van der Waals surface area contributed by atoms with Gasteiger partial charge in [-0.2, -0.15) is 13.8 Å². The molecule has 4 aromatic rings. The fourth-order valence-corrected chi connectivity index (χ4v) is 3.73. The lowest BCUT2D eigenvalue weighted by Crippen LogP contribution is -2.13. The minimum absolute atomic E-state index is 0.0000758. The maximum absolute atomic E-state index is 14.0. The summed E-state index contributed by atoms with van der Waals surface area (Å²) in [5, 5.41) is 14.1. The molecular formula is C19H10F2N2O4S. The molecule has 3 heterocycles. The molecule has 0 saturated carbocycles. The number of carboxylic acids is 1. The van der Waals surface area contributed by atoms with Gasteiger partial charge in [-0.1, -0.05) is 18.2 Å². The number of para-hydroxylation sites is 1. The number of nitrogens with zero attached hydrogens (tertiary/aromatic N) is 1. The summed E-state index contributed by atoms with van der Waals surface area (Å²) in [7, 11) is 0. The minimum atomic E-state index is -1.38. The lowest BCUT2D eigenvalue weighted by molar-refractivity contribution is 0.0699. The number of aromatic carboxylic acids is 1. The summed E-state index contributed by atoms with van der Waals surface area (Å²) in [5.74, 6) is -4.19. The quantitative estimate of drug-likeness (QED) is 0.481. The van der Waals surface area contributed by atoms with Crippen LogP contribution in [-0.2, 0) is 0 Å². The number of furan rings is 1. The van der Waals surface area contributed by atoms with Gasteiger partial charge in [0, 0.05) is 16.3 Å². The smallest absolute Gasteiger partial charge is 0.339 e. The molecule has 0 aliphatic heterocycles. The van der Waals surface area contributed by atoms with Crippen LogP contribution in [0.25, 0.3) is 21.4 Å². The first-order chi connectivity index (χ1) is 13.4. The first-order valence-corrected chi connectivity index (χ1v) is 8.79. The third-order valence-electron chi connectivity index (χ3n) is 3.96. The van der Waals surface area contributed by atoms with E-state index in [1.165, 1.54) is 11.4 Å². The Morgan fingerprint density at radius 3 is 2.64 bits per heavy atom. The highest BCUT2D eigenvalue weighted by Gasteiger charge is 2.24. The van der Waals surface area contributed by atoms with E-state index in [1.54, 1.807) is 24.3 Å². The van der Waals surface area contributed by atoms with Crippen LogP contribution < -0.4 is 5.32 Å². The van der Waals surface area contributed by atoms with Crippen LogP contribution in [-0.4, -0.2) is 22.0 Å². The van der Waals surface area contributed by atoms with Crippen LogP contribution in [0.3, 0.4) is 0 Å². The van der Waals surface area contributed by atoms with E-state index >= 15 is 0 Å². The average molecular weight is 400 g/mol. The summed E-state index contributed by atoms with van der Waals surface area (Å²) in [4.78, 5) is 27.3. The van der Waals surface area contributed by atoms with Crippen molar-refractivity contribution in [2.75, 3.05) is 5.32 Å². The van der Waals surface area contributed by atoms with Gasteiger partial charge in [-0.25, -0.2) is 4.79 Å². The van der Waals surface area contributed by atoms with Crippen molar-refractivity contribution >= 4 is 39.9 Å². The molecule has 1 amide bonds. The Kier molecular flexibility index (Phi) is 4.36. The summed E-state index contributed by atoms with van der Waals surface area (Å²) in [6.45, 7) is 0. The molecule has 0 fully saturated rings. The van der Waals surface area contributed by atoms with Crippen molar-refractivity contribution in [2.24, 2.45) is 0 Å². The van der Waals surface area contributed by atoms with Crippen molar-refractivity contribution in [1.29, 1.82) is 0 Å². The average Bonchev–Trinajstić information content (AvgIpc) is 3.26. The molecule has 3 aromatic heterocycles. The second kappa shape index (κ2) is 6.86. The van der Waals surface area contributed by atoms with Gasteiger partial charge >= 0.3 is 5.97 Å². The summed E-state index contributed by atoms with van der Waals surface area (Å²) in [5.41, 5.74) is -0.00643. The first-order valence-electron chi connectivity index (χ1n) is 7.91. The van der Waals surface area contributed by atoms with Crippen LogP contribution in [0.15, 0.2) is 52.3 Å². The monoisotopic (exact) mass is 400 g/mol. The van der Waals surface area contributed by atoms with Gasteiger partial charge in [-0.05, 0) is 24.3 Å². The van der Waals surface area contributed by atoms with Gasteiger partial charge in [-0.15, -0.1) is 11.3 Å². The molecule has 9 heteroatoms. The summed E-state index contributed by atoms with van der Waals surface area (Å²) >= 11 is 0.891. The number of halogens is 2. The summed E-state index contributed by atoms with van der Waals surface area (Å²) < 4.78 is 32.5. The Balaban J connectivity index is 1.71. The molecule has 0 bridgehead atoms. The maximum atomic E-state index is 14.0. The summed E-state index contributed by atoms with van der Waals surface area (Å²) in [6, 6.07) is 10.6. The van der Waals surface area contributed by atoms with Crippen LogP contribution in [0.5, 0.6) is 0 Å². The first kappa shape index (κ1) is 17.8. The maximum Gasteiger partial charge on any atom is 0.339 e. The normalized spacial score (nSPS) is 10.9. The zero-order valence-corrected chi connectivity index (χ0v) is 14.7. The van der Waals surface area contributed by atoms with Gasteiger partial charge in [0.1, 0.15) is 11.1 Å². The molecule has 1 aromatic carbocycles. The molecule has 0 radical (unpaired) electrons. The molecule has 0 atom stereocenters. The van der Waals surface area contributed by atoms with Crippen molar-refractivity contribution in [1.82, 2.24) is 4.98 Å². The zero-order valence-electron chi connectivity index (χ0n) is 13.9. The van der Waals surface area contributed by atoms with Crippen LogP contribution in [0.2, 0.25) is 0 Å². The van der Waals surface area contributed by atoms with Gasteiger partial charge in [-0.3, -0.25) is 4.79 Å². The Labute approximate surface area is 160 Å². The molecule has 140 valence electrons. The number of rotatable bonds is 4. The van der Waals surface area contributed by atoms with Crippen molar-refractivity contribution in [3.63, 3.8) is 0 Å². The Morgan fingerprint density at radius 1 is 1.14 bits per heavy atom. The lowest BCUT2D eigenvalue weighted by atomic mass is 10.1. The predicted octanol–water partition coefficient (Wildman–Crippen LogP) is 4.79. The van der Waals surface area contributed by atoms with Gasteiger partial charge in [0.05, 0.1) is 10.6 Å². The van der Waals surface area contributed by atoms with Gasteiger partial charge in [0.25, 0.3) is 5.91 Å². The van der Waals surface area contributed by atoms with Crippen LogP contribution in [0.1, 0.15) is 20.9 Å². The van der Waals surface area contributed by atoms with Crippen LogP contribution >= 0.6 is 11.3 Å². The molecule has 0 spiro atoms. The molecule has 0 aliphatic rings. The number of hydrogen-bond acceptors (Lipinski definition) is 5. The number of carbonyl (C=O) groups excluding carboxylic acids is 1. The van der Waals surface area contributed by atoms with Gasteiger partial charge in [0.2, 0.25) is 11.9 Å². The minimum Gasteiger partial charge on any atom is -0.478 e. The van der Waals surface area contributed by atoms with Crippen LogP contribution in [0.4, 0.5) is 14.5 Å². The second-order valence-corrected chi connectivity index (χ2v) is 6.61. The van der Waals surface area contributed by atoms with Crippen molar-refractivity contribution < 1.29 is 27.9 Å². The van der Waals surface area contributed by atoms with E-state index in [2.05, 4.69) is 10.3 Å². The number of carboxylic acid groups (broad SMARTS) is 1. The number of fused-ring (bicyclic) bond motifs is 1. The highest BCUT2D eigenvalue weighted by atomic mass is 32.1. The Morgan fingerprint density at radius 2 is 1.93 bits per heavy atom. The molecule has 6 nitrogen and oxygen atoms in total. The largest absolute Gasteiger partial charge is 0.478 e. The SMILES string of the molecule is O=C(Nc1csc(-c2ccc(F)nc2F)c1C(=O)O)c1cc2ccccc2o1. The van der Waals surface area contributed by atoms with E-state index in [9.17, 15) is 23.5 Å². The third-order valence-corrected chi connectivity index (χ3v) is 4.98. The third kappa shape index (κ3) is 3.12. The van der Waals surface area contributed by atoms with E-state index in [-0.39, 0.29) is 27.5 Å². The number of carbonyl (C=O) groups is 2. The van der Waals surface area contributed by atoms with Crippen molar-refractivity contribution in [2.45, 2.75) is 0 Å². The van der Waals surface area contributed by atoms with E-state index in [0.717, 1.165) is 28.9 Å². The Bertz CT molecular complexity index is 1200. The number of nitrogens with one attached hydrogen (secondary N) is 1. The number of pyridine rings is 1. The number of amides is 1. The van der Waals surface area contributed by atoms with Gasteiger partial charge in [0.15, 0.2) is 5.76 Å². The topological polar surface area (TPSA) is 92.4 Å². The molecule has 0 aliphatic carbocycles.